The van der Waals surface area contributed by atoms with Gasteiger partial charge in [-0.15, -0.1) is 10.2 Å². The Morgan fingerprint density at radius 3 is 2.81 bits per heavy atom. The molecule has 1 saturated heterocycles. The molecule has 3 rings (SSSR count). The maximum Gasteiger partial charge on any atom is 0.224 e. The number of carbonyl (C=O) groups is 2. The van der Waals surface area contributed by atoms with Gasteiger partial charge < -0.3 is 15.0 Å². The molecule has 1 aliphatic rings. The molecule has 0 bridgehead atoms. The van der Waals surface area contributed by atoms with Crippen molar-refractivity contribution in [1.82, 2.24) is 10.2 Å². The predicted octanol–water partition coefficient (Wildman–Crippen LogP) is 3.09. The maximum atomic E-state index is 12.1. The van der Waals surface area contributed by atoms with E-state index in [1.807, 2.05) is 0 Å². The highest BCUT2D eigenvalue weighted by molar-refractivity contribution is 8.01. The smallest absolute Gasteiger partial charge is 0.224 e. The standard InChI is InChI=1S/C18H22N4O3S2/c1-13(23)14-5-2-3-6-15(14)19-16(24)7-4-12-26-18-21-20-17(27-18)22-8-10-25-11-9-22/h2-3,5-6H,4,7-12H2,1H3,(H,19,24). The van der Waals surface area contributed by atoms with Crippen LogP contribution in [0.5, 0.6) is 0 Å². The van der Waals surface area contributed by atoms with Crippen LogP contribution in [0.3, 0.4) is 0 Å². The van der Waals surface area contributed by atoms with Gasteiger partial charge in [-0.2, -0.15) is 0 Å². The van der Waals surface area contributed by atoms with Crippen molar-refractivity contribution < 1.29 is 14.3 Å². The summed E-state index contributed by atoms with van der Waals surface area (Å²) < 4.78 is 6.26. The number of rotatable bonds is 8. The van der Waals surface area contributed by atoms with Gasteiger partial charge in [0.2, 0.25) is 11.0 Å². The van der Waals surface area contributed by atoms with Gasteiger partial charge in [0.05, 0.1) is 18.9 Å². The number of nitrogens with zero attached hydrogens (tertiary/aromatic N) is 3. The third kappa shape index (κ3) is 5.75. The van der Waals surface area contributed by atoms with Crippen LogP contribution in [0.4, 0.5) is 10.8 Å². The quantitative estimate of drug-likeness (QED) is 0.410. The number of benzene rings is 1. The predicted molar refractivity (Wildman–Crippen MR) is 108 cm³/mol. The zero-order chi connectivity index (χ0) is 19.1. The number of morpholine rings is 1. The third-order valence-electron chi connectivity index (χ3n) is 4.03. The number of anilines is 2. The molecular weight excluding hydrogens is 384 g/mol. The molecule has 0 aliphatic carbocycles. The fourth-order valence-electron chi connectivity index (χ4n) is 2.65. The van der Waals surface area contributed by atoms with Crippen LogP contribution in [0.25, 0.3) is 0 Å². The summed E-state index contributed by atoms with van der Waals surface area (Å²) in [5, 5.41) is 12.2. The molecule has 2 aromatic rings. The van der Waals surface area contributed by atoms with Crippen LogP contribution in [0.1, 0.15) is 30.1 Å². The third-order valence-corrected chi connectivity index (χ3v) is 6.24. The Balaban J connectivity index is 1.41. The number of hydrogen-bond acceptors (Lipinski definition) is 8. The molecular formula is C18H22N4O3S2. The van der Waals surface area contributed by atoms with Gasteiger partial charge in [0.15, 0.2) is 10.1 Å². The first-order valence-electron chi connectivity index (χ1n) is 8.82. The summed E-state index contributed by atoms with van der Waals surface area (Å²) in [5.74, 6) is 0.642. The van der Waals surface area contributed by atoms with Gasteiger partial charge in [-0.3, -0.25) is 9.59 Å². The van der Waals surface area contributed by atoms with Crippen LogP contribution in [-0.4, -0.2) is 53.9 Å². The molecule has 2 heterocycles. The highest BCUT2D eigenvalue weighted by Crippen LogP contribution is 2.29. The van der Waals surface area contributed by atoms with Gasteiger partial charge >= 0.3 is 0 Å². The van der Waals surface area contributed by atoms with E-state index in [0.29, 0.717) is 17.7 Å². The Labute approximate surface area is 166 Å². The van der Waals surface area contributed by atoms with E-state index >= 15 is 0 Å². The minimum Gasteiger partial charge on any atom is -0.378 e. The van der Waals surface area contributed by atoms with Gasteiger partial charge in [0.1, 0.15) is 0 Å². The summed E-state index contributed by atoms with van der Waals surface area (Å²) in [6, 6.07) is 7.06. The molecule has 0 spiro atoms. The summed E-state index contributed by atoms with van der Waals surface area (Å²) in [6.07, 6.45) is 1.12. The van der Waals surface area contributed by atoms with E-state index in [-0.39, 0.29) is 11.7 Å². The van der Waals surface area contributed by atoms with E-state index in [1.165, 1.54) is 6.92 Å². The average Bonchev–Trinajstić information content (AvgIpc) is 3.15. The van der Waals surface area contributed by atoms with Crippen LogP contribution in [0.2, 0.25) is 0 Å². The van der Waals surface area contributed by atoms with Gasteiger partial charge in [0, 0.05) is 30.8 Å². The number of thioether (sulfide) groups is 1. The van der Waals surface area contributed by atoms with Crippen molar-refractivity contribution in [3.05, 3.63) is 29.8 Å². The Morgan fingerprint density at radius 2 is 2.04 bits per heavy atom. The topological polar surface area (TPSA) is 84.4 Å². The summed E-state index contributed by atoms with van der Waals surface area (Å²) in [4.78, 5) is 25.9. The van der Waals surface area contributed by atoms with Crippen molar-refractivity contribution in [3.8, 4) is 0 Å². The molecule has 144 valence electrons. The van der Waals surface area contributed by atoms with Crippen LogP contribution in [-0.2, 0) is 9.53 Å². The largest absolute Gasteiger partial charge is 0.378 e. The molecule has 1 aliphatic heterocycles. The number of Topliss-reactive ketones (excluding diaryl/α,β-unsaturated/α-hetero) is 1. The van der Waals surface area contributed by atoms with Crippen molar-refractivity contribution in [1.29, 1.82) is 0 Å². The summed E-state index contributed by atoms with van der Waals surface area (Å²) >= 11 is 3.19. The van der Waals surface area contributed by atoms with Crippen molar-refractivity contribution in [2.75, 3.05) is 42.3 Å². The molecule has 1 N–H and O–H groups in total. The zero-order valence-electron chi connectivity index (χ0n) is 15.1. The fourth-order valence-corrected chi connectivity index (χ4v) is 4.55. The number of carbonyl (C=O) groups excluding carboxylic acids is 2. The van der Waals surface area contributed by atoms with E-state index in [2.05, 4.69) is 20.4 Å². The highest BCUT2D eigenvalue weighted by atomic mass is 32.2. The summed E-state index contributed by atoms with van der Waals surface area (Å²) in [6.45, 7) is 4.64. The SMILES string of the molecule is CC(=O)c1ccccc1NC(=O)CCCSc1nnc(N2CCOCC2)s1. The number of nitrogens with one attached hydrogen (secondary N) is 1. The number of aromatic nitrogens is 2. The number of amides is 1. The van der Waals surface area contributed by atoms with E-state index < -0.39 is 0 Å². The lowest BCUT2D eigenvalue weighted by atomic mass is 10.1. The van der Waals surface area contributed by atoms with Gasteiger partial charge in [-0.05, 0) is 25.5 Å². The second-order valence-electron chi connectivity index (χ2n) is 6.05. The van der Waals surface area contributed by atoms with Crippen LogP contribution in [0, 0.1) is 0 Å². The lowest BCUT2D eigenvalue weighted by molar-refractivity contribution is -0.116. The average molecular weight is 407 g/mol. The first-order valence-corrected chi connectivity index (χ1v) is 10.6. The van der Waals surface area contributed by atoms with Crippen LogP contribution in [0.15, 0.2) is 28.6 Å². The summed E-state index contributed by atoms with van der Waals surface area (Å²) in [5.41, 5.74) is 1.10. The molecule has 9 heteroatoms. The number of hydrogen-bond donors (Lipinski definition) is 1. The lowest BCUT2D eigenvalue weighted by Crippen LogP contribution is -2.36. The fraction of sp³-hybridized carbons (Fsp3) is 0.444. The monoisotopic (exact) mass is 406 g/mol. The van der Waals surface area contributed by atoms with Gasteiger partial charge in [-0.25, -0.2) is 0 Å². The van der Waals surface area contributed by atoms with E-state index in [1.54, 1.807) is 47.4 Å². The van der Waals surface area contributed by atoms with Gasteiger partial charge in [0.25, 0.3) is 0 Å². The molecule has 0 unspecified atom stereocenters. The molecule has 1 aromatic heterocycles. The normalized spacial score (nSPS) is 14.2. The molecule has 7 nitrogen and oxygen atoms in total. The van der Waals surface area contributed by atoms with E-state index in [0.717, 1.165) is 47.9 Å². The molecule has 0 atom stereocenters. The summed E-state index contributed by atoms with van der Waals surface area (Å²) in [7, 11) is 0. The van der Waals surface area contributed by atoms with Crippen molar-refractivity contribution in [3.63, 3.8) is 0 Å². The minimum absolute atomic E-state index is 0.0613. The molecule has 0 saturated carbocycles. The van der Waals surface area contributed by atoms with Crippen molar-refractivity contribution in [2.45, 2.75) is 24.1 Å². The number of para-hydroxylation sites is 1. The van der Waals surface area contributed by atoms with Crippen LogP contribution < -0.4 is 10.2 Å². The zero-order valence-corrected chi connectivity index (χ0v) is 16.8. The Kier molecular flexibility index (Phi) is 7.19. The second kappa shape index (κ2) is 9.82. The highest BCUT2D eigenvalue weighted by Gasteiger charge is 2.16. The first kappa shape index (κ1) is 19.8. The molecule has 27 heavy (non-hydrogen) atoms. The number of ether oxygens (including phenoxy) is 1. The number of ketones is 1. The van der Waals surface area contributed by atoms with Crippen molar-refractivity contribution >= 4 is 45.6 Å². The molecule has 1 fully saturated rings. The molecule has 1 amide bonds. The molecule has 0 radical (unpaired) electrons. The maximum absolute atomic E-state index is 12.1. The Morgan fingerprint density at radius 1 is 1.26 bits per heavy atom. The van der Waals surface area contributed by atoms with E-state index in [4.69, 9.17) is 4.74 Å². The van der Waals surface area contributed by atoms with Crippen molar-refractivity contribution in [2.24, 2.45) is 0 Å². The molecule has 1 aromatic carbocycles. The Hall–Kier alpha value is -1.97. The second-order valence-corrected chi connectivity index (χ2v) is 8.35. The lowest BCUT2D eigenvalue weighted by Gasteiger charge is -2.25. The van der Waals surface area contributed by atoms with Crippen LogP contribution >= 0.6 is 23.1 Å². The van der Waals surface area contributed by atoms with E-state index in [9.17, 15) is 9.59 Å². The first-order chi connectivity index (χ1) is 13.1. The Bertz CT molecular complexity index is 790. The minimum atomic E-state index is -0.0874. The van der Waals surface area contributed by atoms with Gasteiger partial charge in [-0.1, -0.05) is 35.2 Å².